The van der Waals surface area contributed by atoms with E-state index in [1.165, 1.54) is 6.92 Å². The largest absolute Gasteiger partial charge is 0.495 e. The molecule has 1 unspecified atom stereocenters. The number of amides is 1. The molecule has 1 aliphatic rings. The zero-order valence-electron chi connectivity index (χ0n) is 20.1. The molecule has 1 aromatic heterocycles. The maximum atomic E-state index is 13.2. The summed E-state index contributed by atoms with van der Waals surface area (Å²) in [6.45, 7) is 9.64. The molecule has 1 aromatic carbocycles. The van der Waals surface area contributed by atoms with E-state index in [9.17, 15) is 18.0 Å². The van der Waals surface area contributed by atoms with Crippen LogP contribution in [-0.4, -0.2) is 60.4 Å². The summed E-state index contributed by atoms with van der Waals surface area (Å²) in [5, 5.41) is 7.59. The van der Waals surface area contributed by atoms with Crippen LogP contribution < -0.4 is 15.0 Å². The maximum Gasteiger partial charge on any atom is 0.435 e. The number of carbonyl (C=O) groups is 1. The van der Waals surface area contributed by atoms with Crippen LogP contribution >= 0.6 is 11.6 Å². The van der Waals surface area contributed by atoms with Gasteiger partial charge in [-0.25, -0.2) is 0 Å². The maximum absolute atomic E-state index is 13.2. The number of rotatable bonds is 7. The first-order chi connectivity index (χ1) is 16.0. The number of nitrogens with zero attached hydrogens (tertiary/aromatic N) is 4. The van der Waals surface area contributed by atoms with Crippen LogP contribution in [0.2, 0.25) is 5.02 Å². The Morgan fingerprint density at radius 3 is 2.41 bits per heavy atom. The van der Waals surface area contributed by atoms with E-state index in [1.807, 2.05) is 19.1 Å². The number of anilines is 1. The molecule has 3 rings (SSSR count). The molecule has 0 aliphatic carbocycles. The molecule has 0 bridgehead atoms. The number of methoxy groups -OCH3 is 1. The average Bonchev–Trinajstić information content (AvgIpc) is 3.08. The summed E-state index contributed by atoms with van der Waals surface area (Å²) in [6.07, 6.45) is -4.55. The normalized spacial score (nSPS) is 15.6. The summed E-state index contributed by atoms with van der Waals surface area (Å²) in [4.78, 5) is 16.7. The van der Waals surface area contributed by atoms with Crippen molar-refractivity contribution < 1.29 is 22.7 Å². The lowest BCUT2D eigenvalue weighted by molar-refractivity contribution is -0.142. The van der Waals surface area contributed by atoms with E-state index in [1.54, 1.807) is 18.9 Å². The molecule has 0 saturated carbocycles. The first-order valence-corrected chi connectivity index (χ1v) is 11.6. The summed E-state index contributed by atoms with van der Waals surface area (Å²) in [7, 11) is 1.57. The van der Waals surface area contributed by atoms with Gasteiger partial charge in [0.2, 0.25) is 5.91 Å². The Bertz CT molecular complexity index is 1030. The highest BCUT2D eigenvalue weighted by Gasteiger charge is 2.37. The van der Waals surface area contributed by atoms with Crippen molar-refractivity contribution in [3.05, 3.63) is 39.7 Å². The quantitative estimate of drug-likeness (QED) is 0.616. The van der Waals surface area contributed by atoms with Gasteiger partial charge in [-0.15, -0.1) is 0 Å². The Balaban J connectivity index is 1.73. The van der Waals surface area contributed by atoms with Gasteiger partial charge in [0.25, 0.3) is 0 Å². The third kappa shape index (κ3) is 5.43. The van der Waals surface area contributed by atoms with Crippen LogP contribution in [0, 0.1) is 13.8 Å². The molecule has 11 heteroatoms. The first-order valence-electron chi connectivity index (χ1n) is 11.2. The van der Waals surface area contributed by atoms with Gasteiger partial charge < -0.3 is 19.9 Å². The molecule has 2 aromatic rings. The van der Waals surface area contributed by atoms with Gasteiger partial charge in [0.05, 0.1) is 12.1 Å². The summed E-state index contributed by atoms with van der Waals surface area (Å²) in [5.74, 6) is 0.321. The van der Waals surface area contributed by atoms with Crippen molar-refractivity contribution in [1.29, 1.82) is 0 Å². The number of aromatic nitrogens is 2. The first kappa shape index (κ1) is 26.2. The van der Waals surface area contributed by atoms with Crippen molar-refractivity contribution in [2.45, 2.75) is 46.5 Å². The highest BCUT2D eigenvalue weighted by molar-refractivity contribution is 6.32. The lowest BCUT2D eigenvalue weighted by Crippen LogP contribution is -2.50. The van der Waals surface area contributed by atoms with E-state index >= 15 is 0 Å². The molecular weight excluding hydrogens is 471 g/mol. The number of nitrogens with one attached hydrogen (secondary N) is 1. The van der Waals surface area contributed by atoms with Gasteiger partial charge in [-0.05, 0) is 38.9 Å². The minimum Gasteiger partial charge on any atom is -0.495 e. The van der Waals surface area contributed by atoms with Crippen LogP contribution in [0.15, 0.2) is 12.1 Å². The van der Waals surface area contributed by atoms with E-state index in [4.69, 9.17) is 16.3 Å². The minimum absolute atomic E-state index is 0.0455. The number of piperazine rings is 1. The molecule has 1 N–H and O–H groups in total. The zero-order chi connectivity index (χ0) is 25.2. The van der Waals surface area contributed by atoms with Crippen LogP contribution in [0.25, 0.3) is 0 Å². The Morgan fingerprint density at radius 1 is 1.24 bits per heavy atom. The fraction of sp³-hybridized carbons (Fsp3) is 0.565. The number of benzene rings is 1. The van der Waals surface area contributed by atoms with Crippen LogP contribution in [0.3, 0.4) is 0 Å². The fourth-order valence-corrected chi connectivity index (χ4v) is 4.48. The molecule has 0 radical (unpaired) electrons. The van der Waals surface area contributed by atoms with E-state index in [0.717, 1.165) is 22.5 Å². The average molecular weight is 502 g/mol. The molecule has 34 heavy (non-hydrogen) atoms. The molecule has 7 nitrogen and oxygen atoms in total. The molecule has 2 heterocycles. The van der Waals surface area contributed by atoms with Crippen LogP contribution in [0.5, 0.6) is 5.75 Å². The van der Waals surface area contributed by atoms with Gasteiger partial charge >= 0.3 is 6.18 Å². The number of hydrogen-bond donors (Lipinski definition) is 1. The fourth-order valence-electron chi connectivity index (χ4n) is 4.24. The Hall–Kier alpha value is -2.46. The van der Waals surface area contributed by atoms with Crippen molar-refractivity contribution in [2.24, 2.45) is 0 Å². The lowest BCUT2D eigenvalue weighted by atomic mass is 10.0. The van der Waals surface area contributed by atoms with Gasteiger partial charge in [0.15, 0.2) is 5.69 Å². The highest BCUT2D eigenvalue weighted by Crippen LogP contribution is 2.37. The molecule has 1 fully saturated rings. The van der Waals surface area contributed by atoms with Crippen molar-refractivity contribution in [1.82, 2.24) is 20.0 Å². The molecule has 1 aliphatic heterocycles. The topological polar surface area (TPSA) is 62.6 Å². The van der Waals surface area contributed by atoms with E-state index in [2.05, 4.69) is 22.2 Å². The molecule has 1 atom stereocenters. The Labute approximate surface area is 202 Å². The zero-order valence-corrected chi connectivity index (χ0v) is 20.8. The van der Waals surface area contributed by atoms with Crippen LogP contribution in [-0.2, 0) is 17.5 Å². The Kier molecular flexibility index (Phi) is 8.02. The SMILES string of the molecule is CCNC(C)c1cc(Cl)c(OC)cc1N1CCN(C(=O)Cn2nc(C(F)(F)F)c(C)c2C)CC1. The second-order valence-corrected chi connectivity index (χ2v) is 8.81. The minimum atomic E-state index is -4.55. The molecule has 188 valence electrons. The number of hydrogen-bond acceptors (Lipinski definition) is 5. The Morgan fingerprint density at radius 2 is 1.88 bits per heavy atom. The van der Waals surface area contributed by atoms with Crippen LogP contribution in [0.4, 0.5) is 18.9 Å². The van der Waals surface area contributed by atoms with E-state index in [0.29, 0.717) is 42.6 Å². The molecule has 1 amide bonds. The molecular formula is C23H31ClF3N5O2. The predicted octanol–water partition coefficient (Wildman–Crippen LogP) is 4.20. The van der Waals surface area contributed by atoms with Crippen LogP contribution in [0.1, 0.15) is 42.4 Å². The number of alkyl halides is 3. The van der Waals surface area contributed by atoms with Crippen molar-refractivity contribution >= 4 is 23.2 Å². The van der Waals surface area contributed by atoms with E-state index in [-0.39, 0.29) is 24.1 Å². The van der Waals surface area contributed by atoms with Crippen molar-refractivity contribution in [3.8, 4) is 5.75 Å². The number of carbonyl (C=O) groups excluding carboxylic acids is 1. The summed E-state index contributed by atoms with van der Waals surface area (Å²) in [6, 6.07) is 3.89. The van der Waals surface area contributed by atoms with Gasteiger partial charge in [-0.2, -0.15) is 18.3 Å². The lowest BCUT2D eigenvalue weighted by Gasteiger charge is -2.38. The number of halogens is 4. The predicted molar refractivity (Wildman–Crippen MR) is 126 cm³/mol. The number of ether oxygens (including phenoxy) is 1. The van der Waals surface area contributed by atoms with Gasteiger partial charge in [0, 0.05) is 55.2 Å². The standard InChI is InChI=1S/C23H31ClF3N5O2/c1-6-28-15(3)17-11-18(24)20(34-5)12-19(17)30-7-9-31(10-8-30)21(33)13-32-16(4)14(2)22(29-32)23(25,26)27/h11-12,15,28H,6-10,13H2,1-5H3. The van der Waals surface area contributed by atoms with Gasteiger partial charge in [-0.1, -0.05) is 18.5 Å². The monoisotopic (exact) mass is 501 g/mol. The van der Waals surface area contributed by atoms with Crippen molar-refractivity contribution in [3.63, 3.8) is 0 Å². The summed E-state index contributed by atoms with van der Waals surface area (Å²) >= 11 is 6.38. The third-order valence-electron chi connectivity index (χ3n) is 6.31. The molecule has 0 spiro atoms. The van der Waals surface area contributed by atoms with Gasteiger partial charge in [-0.3, -0.25) is 9.48 Å². The second kappa shape index (κ2) is 10.4. The highest BCUT2D eigenvalue weighted by atomic mass is 35.5. The van der Waals surface area contributed by atoms with E-state index < -0.39 is 11.9 Å². The smallest absolute Gasteiger partial charge is 0.435 e. The third-order valence-corrected chi connectivity index (χ3v) is 6.61. The van der Waals surface area contributed by atoms with Crippen molar-refractivity contribution in [2.75, 3.05) is 44.7 Å². The molecule has 1 saturated heterocycles. The summed E-state index contributed by atoms with van der Waals surface area (Å²) in [5.41, 5.74) is 1.46. The van der Waals surface area contributed by atoms with Gasteiger partial charge in [0.1, 0.15) is 12.3 Å². The summed E-state index contributed by atoms with van der Waals surface area (Å²) < 4.78 is 46.0. The second-order valence-electron chi connectivity index (χ2n) is 8.41.